The van der Waals surface area contributed by atoms with Crippen molar-refractivity contribution in [2.45, 2.75) is 27.2 Å². The zero-order valence-electron chi connectivity index (χ0n) is 10.8. The predicted octanol–water partition coefficient (Wildman–Crippen LogP) is 1.55. The number of rotatable bonds is 2. The molecule has 1 aromatic rings. The second-order valence-electron chi connectivity index (χ2n) is 5.20. The molecule has 1 saturated heterocycles. The van der Waals surface area contributed by atoms with E-state index in [4.69, 9.17) is 5.84 Å². The summed E-state index contributed by atoms with van der Waals surface area (Å²) in [6.45, 7) is 8.75. The Labute approximate surface area is 102 Å². The summed E-state index contributed by atoms with van der Waals surface area (Å²) in [5, 5.41) is 0. The normalized spacial score (nSPS) is 24.8. The van der Waals surface area contributed by atoms with E-state index in [0.29, 0.717) is 17.8 Å². The first-order valence-corrected chi connectivity index (χ1v) is 6.15. The molecule has 0 saturated carbocycles. The molecule has 0 bridgehead atoms. The number of hydrogen-bond donors (Lipinski definition) is 2. The number of hydrogen-bond acceptors (Lipinski definition) is 5. The van der Waals surface area contributed by atoms with E-state index in [9.17, 15) is 0 Å². The molecule has 2 heterocycles. The third-order valence-electron chi connectivity index (χ3n) is 3.24. The van der Waals surface area contributed by atoms with Gasteiger partial charge in [-0.3, -0.25) is 5.43 Å². The molecule has 1 aromatic heterocycles. The van der Waals surface area contributed by atoms with Gasteiger partial charge in [0.1, 0.15) is 5.82 Å². The summed E-state index contributed by atoms with van der Waals surface area (Å²) < 4.78 is 0. The molecule has 0 aromatic carbocycles. The van der Waals surface area contributed by atoms with Crippen molar-refractivity contribution in [3.63, 3.8) is 0 Å². The molecule has 0 aliphatic carbocycles. The number of hydrazine groups is 1. The van der Waals surface area contributed by atoms with Crippen LogP contribution in [0.5, 0.6) is 0 Å². The monoisotopic (exact) mass is 235 g/mol. The lowest BCUT2D eigenvalue weighted by Gasteiger charge is -2.36. The lowest BCUT2D eigenvalue weighted by Crippen LogP contribution is -2.39. The topological polar surface area (TPSA) is 67.1 Å². The SMILES string of the molecule is Cc1cnc(NN)nc1N1CC(C)CC(C)C1. The molecule has 0 spiro atoms. The smallest absolute Gasteiger partial charge is 0.239 e. The fourth-order valence-electron chi connectivity index (χ4n) is 2.66. The first-order valence-electron chi connectivity index (χ1n) is 6.15. The number of aromatic nitrogens is 2. The highest BCUT2D eigenvalue weighted by Gasteiger charge is 2.24. The van der Waals surface area contributed by atoms with Gasteiger partial charge in [0.25, 0.3) is 0 Å². The summed E-state index contributed by atoms with van der Waals surface area (Å²) in [7, 11) is 0. The van der Waals surface area contributed by atoms with E-state index >= 15 is 0 Å². The highest BCUT2D eigenvalue weighted by molar-refractivity contribution is 5.49. The standard InChI is InChI=1S/C12H21N5/c1-8-4-9(2)7-17(6-8)11-10(3)5-14-12(15-11)16-13/h5,8-9H,4,6-7,13H2,1-3H3,(H,14,15,16). The number of aryl methyl sites for hydroxylation is 1. The second-order valence-corrected chi connectivity index (χ2v) is 5.20. The Morgan fingerprint density at radius 2 is 2.00 bits per heavy atom. The van der Waals surface area contributed by atoms with E-state index in [2.05, 4.69) is 34.1 Å². The van der Waals surface area contributed by atoms with Crippen molar-refractivity contribution >= 4 is 11.8 Å². The molecule has 3 N–H and O–H groups in total. The van der Waals surface area contributed by atoms with Crippen LogP contribution in [0.4, 0.5) is 11.8 Å². The van der Waals surface area contributed by atoms with Gasteiger partial charge in [-0.25, -0.2) is 10.8 Å². The van der Waals surface area contributed by atoms with Gasteiger partial charge in [0.2, 0.25) is 5.95 Å². The Morgan fingerprint density at radius 3 is 2.59 bits per heavy atom. The number of nitrogens with one attached hydrogen (secondary N) is 1. The van der Waals surface area contributed by atoms with E-state index in [0.717, 1.165) is 24.5 Å². The van der Waals surface area contributed by atoms with Crippen LogP contribution >= 0.6 is 0 Å². The molecule has 0 amide bonds. The summed E-state index contributed by atoms with van der Waals surface area (Å²) in [4.78, 5) is 10.9. The molecule has 17 heavy (non-hydrogen) atoms. The second kappa shape index (κ2) is 4.87. The van der Waals surface area contributed by atoms with Gasteiger partial charge in [-0.1, -0.05) is 13.8 Å². The summed E-state index contributed by atoms with van der Waals surface area (Å²) in [6.07, 6.45) is 3.12. The molecule has 0 radical (unpaired) electrons. The molecule has 1 fully saturated rings. The van der Waals surface area contributed by atoms with Gasteiger partial charge >= 0.3 is 0 Å². The summed E-state index contributed by atoms with van der Waals surface area (Å²) in [5.41, 5.74) is 3.61. The van der Waals surface area contributed by atoms with Gasteiger partial charge in [-0.15, -0.1) is 0 Å². The lowest BCUT2D eigenvalue weighted by atomic mass is 9.92. The first kappa shape index (κ1) is 12.1. The number of piperidine rings is 1. The minimum atomic E-state index is 0.483. The Morgan fingerprint density at radius 1 is 1.35 bits per heavy atom. The van der Waals surface area contributed by atoms with Crippen LogP contribution in [0, 0.1) is 18.8 Å². The maximum Gasteiger partial charge on any atom is 0.239 e. The minimum Gasteiger partial charge on any atom is -0.356 e. The van der Waals surface area contributed by atoms with Crippen LogP contribution < -0.4 is 16.2 Å². The maximum atomic E-state index is 5.36. The number of nitrogens with two attached hydrogens (primary N) is 1. The van der Waals surface area contributed by atoms with Crippen LogP contribution in [0.15, 0.2) is 6.20 Å². The molecule has 5 heteroatoms. The van der Waals surface area contributed by atoms with Crippen molar-refractivity contribution in [1.29, 1.82) is 0 Å². The van der Waals surface area contributed by atoms with Crippen molar-refractivity contribution in [2.24, 2.45) is 17.7 Å². The Bertz CT molecular complexity index is 382. The van der Waals surface area contributed by atoms with Crippen LogP contribution in [0.1, 0.15) is 25.8 Å². The van der Waals surface area contributed by atoms with Gasteiger partial charge in [-0.05, 0) is 25.2 Å². The van der Waals surface area contributed by atoms with Gasteiger partial charge in [0.05, 0.1) is 0 Å². The van der Waals surface area contributed by atoms with E-state index in [1.807, 2.05) is 13.1 Å². The van der Waals surface area contributed by atoms with Gasteiger partial charge in [0, 0.05) is 24.8 Å². The predicted molar refractivity (Wildman–Crippen MR) is 69.7 cm³/mol. The highest BCUT2D eigenvalue weighted by atomic mass is 15.3. The summed E-state index contributed by atoms with van der Waals surface area (Å²) in [6, 6.07) is 0. The molecular formula is C12H21N5. The van der Waals surface area contributed by atoms with E-state index in [1.54, 1.807) is 0 Å². The molecule has 2 rings (SSSR count). The fourth-order valence-corrected chi connectivity index (χ4v) is 2.66. The number of nitrogens with zero attached hydrogens (tertiary/aromatic N) is 3. The lowest BCUT2D eigenvalue weighted by molar-refractivity contribution is 0.355. The number of nitrogen functional groups attached to an aromatic ring is 1. The minimum absolute atomic E-state index is 0.483. The van der Waals surface area contributed by atoms with Crippen molar-refractivity contribution in [3.05, 3.63) is 11.8 Å². The highest BCUT2D eigenvalue weighted by Crippen LogP contribution is 2.27. The van der Waals surface area contributed by atoms with E-state index < -0.39 is 0 Å². The Balaban J connectivity index is 2.26. The Hall–Kier alpha value is -1.36. The fraction of sp³-hybridized carbons (Fsp3) is 0.667. The molecule has 5 nitrogen and oxygen atoms in total. The van der Waals surface area contributed by atoms with Gasteiger partial charge in [-0.2, -0.15) is 4.98 Å². The molecular weight excluding hydrogens is 214 g/mol. The van der Waals surface area contributed by atoms with Crippen LogP contribution in [-0.2, 0) is 0 Å². The first-order chi connectivity index (χ1) is 8.10. The van der Waals surface area contributed by atoms with Crippen molar-refractivity contribution < 1.29 is 0 Å². The summed E-state index contributed by atoms with van der Waals surface area (Å²) >= 11 is 0. The van der Waals surface area contributed by atoms with Crippen LogP contribution in [0.2, 0.25) is 0 Å². The van der Waals surface area contributed by atoms with Crippen molar-refractivity contribution in [2.75, 3.05) is 23.4 Å². The molecule has 1 aliphatic rings. The van der Waals surface area contributed by atoms with Crippen molar-refractivity contribution in [3.8, 4) is 0 Å². The maximum absolute atomic E-state index is 5.36. The quantitative estimate of drug-likeness (QED) is 0.601. The number of anilines is 2. The molecule has 94 valence electrons. The third kappa shape index (κ3) is 2.66. The third-order valence-corrected chi connectivity index (χ3v) is 3.24. The van der Waals surface area contributed by atoms with E-state index in [1.165, 1.54) is 6.42 Å². The molecule has 1 aliphatic heterocycles. The van der Waals surface area contributed by atoms with Gasteiger partial charge in [0.15, 0.2) is 0 Å². The largest absolute Gasteiger partial charge is 0.356 e. The molecule has 2 atom stereocenters. The average Bonchev–Trinajstić information content (AvgIpc) is 2.28. The zero-order chi connectivity index (χ0) is 12.4. The molecule has 2 unspecified atom stereocenters. The van der Waals surface area contributed by atoms with Crippen LogP contribution in [0.3, 0.4) is 0 Å². The zero-order valence-corrected chi connectivity index (χ0v) is 10.8. The van der Waals surface area contributed by atoms with E-state index in [-0.39, 0.29) is 0 Å². The van der Waals surface area contributed by atoms with Crippen LogP contribution in [0.25, 0.3) is 0 Å². The van der Waals surface area contributed by atoms with Crippen LogP contribution in [-0.4, -0.2) is 23.1 Å². The van der Waals surface area contributed by atoms with Crippen molar-refractivity contribution in [1.82, 2.24) is 9.97 Å². The average molecular weight is 235 g/mol. The van der Waals surface area contributed by atoms with Gasteiger partial charge < -0.3 is 4.90 Å². The summed E-state index contributed by atoms with van der Waals surface area (Å²) in [5.74, 6) is 8.27. The Kier molecular flexibility index (Phi) is 3.47.